The second-order valence-electron chi connectivity index (χ2n) is 7.62. The van der Waals surface area contributed by atoms with E-state index in [1.54, 1.807) is 42.7 Å². The molecule has 0 bridgehead atoms. The van der Waals surface area contributed by atoms with Gasteiger partial charge in [0.15, 0.2) is 0 Å². The van der Waals surface area contributed by atoms with E-state index in [9.17, 15) is 14.7 Å². The summed E-state index contributed by atoms with van der Waals surface area (Å²) in [6.07, 6.45) is 4.69. The van der Waals surface area contributed by atoms with Gasteiger partial charge in [0.05, 0.1) is 16.6 Å². The lowest BCUT2D eigenvalue weighted by atomic mass is 9.98. The highest BCUT2D eigenvalue weighted by molar-refractivity contribution is 7.17. The minimum absolute atomic E-state index is 0.130. The van der Waals surface area contributed by atoms with Gasteiger partial charge in [-0.1, -0.05) is 48.5 Å². The number of phenolic OH excluding ortho intramolecular Hbond substituents is 1. The molecule has 3 heterocycles. The number of hydrogen-bond acceptors (Lipinski definition) is 6. The van der Waals surface area contributed by atoms with Crippen LogP contribution in [0.3, 0.4) is 0 Å². The Morgan fingerprint density at radius 3 is 2.55 bits per heavy atom. The molecular weight excluding hydrogens is 434 g/mol. The first-order chi connectivity index (χ1) is 16.1. The van der Waals surface area contributed by atoms with Crippen molar-refractivity contribution < 1.29 is 14.7 Å². The van der Waals surface area contributed by atoms with E-state index in [1.165, 1.54) is 16.3 Å². The van der Waals surface area contributed by atoms with E-state index in [1.807, 2.05) is 42.5 Å². The molecule has 4 aromatic rings. The number of thiophene rings is 1. The number of benzene rings is 2. The molecule has 5 rings (SSSR count). The molecule has 7 heteroatoms. The van der Waals surface area contributed by atoms with Gasteiger partial charge in [-0.05, 0) is 29.8 Å². The summed E-state index contributed by atoms with van der Waals surface area (Å²) in [7, 11) is 0. The van der Waals surface area contributed by atoms with Crippen molar-refractivity contribution in [2.75, 3.05) is 0 Å². The highest BCUT2D eigenvalue weighted by atomic mass is 32.1. The van der Waals surface area contributed by atoms with Crippen LogP contribution in [0.4, 0.5) is 0 Å². The van der Waals surface area contributed by atoms with Crippen LogP contribution in [0.5, 0.6) is 5.75 Å². The van der Waals surface area contributed by atoms with Crippen molar-refractivity contribution >= 4 is 29.2 Å². The summed E-state index contributed by atoms with van der Waals surface area (Å²) in [4.78, 5) is 30.1. The number of aromatic nitrogens is 1. The summed E-state index contributed by atoms with van der Waals surface area (Å²) in [6.45, 7) is 0. The molecule has 0 saturated heterocycles. The predicted molar refractivity (Wildman–Crippen MR) is 128 cm³/mol. The average molecular weight is 454 g/mol. The number of phenols is 1. The van der Waals surface area contributed by atoms with Crippen molar-refractivity contribution in [3.8, 4) is 16.2 Å². The maximum absolute atomic E-state index is 13.5. The lowest BCUT2D eigenvalue weighted by Crippen LogP contribution is -2.26. The molecule has 0 radical (unpaired) electrons. The minimum atomic E-state index is -0.425. The van der Waals surface area contributed by atoms with E-state index in [-0.39, 0.29) is 11.7 Å². The molecule has 1 unspecified atom stereocenters. The monoisotopic (exact) mass is 453 g/mol. The molecule has 1 atom stereocenters. The molecule has 0 spiro atoms. The zero-order valence-corrected chi connectivity index (χ0v) is 18.3. The SMILES string of the molecule is O=Cc1ccc(-c2ccc(C(=O)N3N=C(c4cccnc4)CC3c3ccccc3O)s2)cc1. The van der Waals surface area contributed by atoms with Gasteiger partial charge >= 0.3 is 0 Å². The topological polar surface area (TPSA) is 82.9 Å². The first kappa shape index (κ1) is 20.8. The normalized spacial score (nSPS) is 15.3. The largest absolute Gasteiger partial charge is 0.508 e. The number of hydrogen-bond donors (Lipinski definition) is 1. The van der Waals surface area contributed by atoms with Crippen molar-refractivity contribution in [3.05, 3.63) is 107 Å². The number of hydrazone groups is 1. The Morgan fingerprint density at radius 2 is 1.82 bits per heavy atom. The van der Waals surface area contributed by atoms with E-state index in [0.29, 0.717) is 22.4 Å². The van der Waals surface area contributed by atoms with E-state index < -0.39 is 6.04 Å². The molecule has 0 saturated carbocycles. The van der Waals surface area contributed by atoms with E-state index in [4.69, 9.17) is 0 Å². The fourth-order valence-electron chi connectivity index (χ4n) is 3.86. The Morgan fingerprint density at radius 1 is 1.00 bits per heavy atom. The van der Waals surface area contributed by atoms with Gasteiger partial charge in [-0.3, -0.25) is 14.6 Å². The number of amides is 1. The van der Waals surface area contributed by atoms with E-state index >= 15 is 0 Å². The average Bonchev–Trinajstić information content (AvgIpc) is 3.53. The molecule has 2 aromatic heterocycles. The van der Waals surface area contributed by atoms with Crippen molar-refractivity contribution in [2.24, 2.45) is 5.10 Å². The van der Waals surface area contributed by atoms with Crippen LogP contribution in [-0.2, 0) is 0 Å². The van der Waals surface area contributed by atoms with Gasteiger partial charge in [-0.15, -0.1) is 11.3 Å². The van der Waals surface area contributed by atoms with Crippen LogP contribution in [-0.4, -0.2) is 33.0 Å². The fraction of sp³-hybridized carbons (Fsp3) is 0.0769. The lowest BCUT2D eigenvalue weighted by Gasteiger charge is -2.22. The quantitative estimate of drug-likeness (QED) is 0.415. The number of carbonyl (C=O) groups is 2. The lowest BCUT2D eigenvalue weighted by molar-refractivity contribution is 0.0714. The minimum Gasteiger partial charge on any atom is -0.508 e. The zero-order valence-electron chi connectivity index (χ0n) is 17.5. The molecule has 1 N–H and O–H groups in total. The molecule has 0 fully saturated rings. The highest BCUT2D eigenvalue weighted by Crippen LogP contribution is 2.39. The smallest absolute Gasteiger partial charge is 0.284 e. The summed E-state index contributed by atoms with van der Waals surface area (Å²) in [5.41, 5.74) is 3.77. The maximum Gasteiger partial charge on any atom is 0.284 e. The Labute approximate surface area is 194 Å². The predicted octanol–water partition coefficient (Wildman–Crippen LogP) is 5.32. The van der Waals surface area contributed by atoms with Crippen molar-refractivity contribution in [1.82, 2.24) is 9.99 Å². The number of carbonyl (C=O) groups excluding carboxylic acids is 2. The second kappa shape index (κ2) is 8.80. The summed E-state index contributed by atoms with van der Waals surface area (Å²) >= 11 is 1.37. The van der Waals surface area contributed by atoms with E-state index in [0.717, 1.165) is 28.0 Å². The van der Waals surface area contributed by atoms with Gasteiger partial charge in [-0.2, -0.15) is 5.10 Å². The molecule has 1 aliphatic heterocycles. The molecular formula is C26H19N3O3S. The summed E-state index contributed by atoms with van der Waals surface area (Å²) in [5, 5.41) is 16.6. The Hall–Kier alpha value is -4.10. The number of pyridine rings is 1. The molecule has 2 aromatic carbocycles. The number of nitrogens with zero attached hydrogens (tertiary/aromatic N) is 3. The van der Waals surface area contributed by atoms with Crippen molar-refractivity contribution in [3.63, 3.8) is 0 Å². The zero-order chi connectivity index (χ0) is 22.8. The molecule has 162 valence electrons. The third-order valence-electron chi connectivity index (χ3n) is 5.56. The third kappa shape index (κ3) is 4.06. The van der Waals surface area contributed by atoms with Crippen LogP contribution in [0.25, 0.3) is 10.4 Å². The van der Waals surface area contributed by atoms with Gasteiger partial charge in [0.1, 0.15) is 12.0 Å². The van der Waals surface area contributed by atoms with Crippen molar-refractivity contribution in [1.29, 1.82) is 0 Å². The second-order valence-corrected chi connectivity index (χ2v) is 8.70. The molecule has 33 heavy (non-hydrogen) atoms. The van der Waals surface area contributed by atoms with Gasteiger partial charge in [-0.25, -0.2) is 5.01 Å². The van der Waals surface area contributed by atoms with Gasteiger partial charge in [0.25, 0.3) is 5.91 Å². The number of aromatic hydroxyl groups is 1. The van der Waals surface area contributed by atoms with Gasteiger partial charge in [0, 0.05) is 40.4 Å². The third-order valence-corrected chi connectivity index (χ3v) is 6.68. The van der Waals surface area contributed by atoms with Gasteiger partial charge < -0.3 is 5.11 Å². The first-order valence-corrected chi connectivity index (χ1v) is 11.2. The number of aldehydes is 1. The van der Waals surface area contributed by atoms with Crippen LogP contribution in [0.15, 0.2) is 90.3 Å². The summed E-state index contributed by atoms with van der Waals surface area (Å²) < 4.78 is 0. The Kier molecular flexibility index (Phi) is 5.54. The van der Waals surface area contributed by atoms with Crippen LogP contribution in [0, 0.1) is 0 Å². The van der Waals surface area contributed by atoms with Crippen molar-refractivity contribution in [2.45, 2.75) is 12.5 Å². The Balaban J connectivity index is 1.49. The van der Waals surface area contributed by atoms with Crippen LogP contribution in [0.2, 0.25) is 0 Å². The number of rotatable bonds is 5. The van der Waals surface area contributed by atoms with Crippen LogP contribution >= 0.6 is 11.3 Å². The number of para-hydroxylation sites is 1. The standard InChI is InChI=1S/C26H19N3O3S/c30-16-17-7-9-18(10-8-17)24-11-12-25(33-24)26(32)29-22(20-5-1-2-6-23(20)31)14-21(28-29)19-4-3-13-27-15-19/h1-13,15-16,22,31H,14H2. The van der Waals surface area contributed by atoms with Gasteiger partial charge in [0.2, 0.25) is 0 Å². The fourth-order valence-corrected chi connectivity index (χ4v) is 4.81. The molecule has 0 aliphatic carbocycles. The summed E-state index contributed by atoms with van der Waals surface area (Å²) in [5.74, 6) is -0.104. The first-order valence-electron chi connectivity index (χ1n) is 10.4. The maximum atomic E-state index is 13.5. The summed E-state index contributed by atoms with van der Waals surface area (Å²) in [6, 6.07) is 21.3. The molecule has 1 aliphatic rings. The Bertz CT molecular complexity index is 1350. The van der Waals surface area contributed by atoms with Crippen LogP contribution in [0.1, 0.15) is 43.6 Å². The molecule has 1 amide bonds. The highest BCUT2D eigenvalue weighted by Gasteiger charge is 2.35. The van der Waals surface area contributed by atoms with Crippen LogP contribution < -0.4 is 0 Å². The van der Waals surface area contributed by atoms with E-state index in [2.05, 4.69) is 10.1 Å². The molecule has 6 nitrogen and oxygen atoms in total.